The van der Waals surface area contributed by atoms with Gasteiger partial charge < -0.3 is 10.6 Å². The molecule has 1 aliphatic rings. The van der Waals surface area contributed by atoms with Gasteiger partial charge in [0.2, 0.25) is 0 Å². The van der Waals surface area contributed by atoms with Crippen molar-refractivity contribution in [2.75, 3.05) is 12.4 Å². The van der Waals surface area contributed by atoms with Gasteiger partial charge in [0.15, 0.2) is 0 Å². The summed E-state index contributed by atoms with van der Waals surface area (Å²) in [5, 5.41) is 14.7. The largest absolute Gasteiger partial charge is 0.387 e. The molecule has 0 aromatic carbocycles. The van der Waals surface area contributed by atoms with Gasteiger partial charge in [-0.15, -0.1) is 11.6 Å². The van der Waals surface area contributed by atoms with Crippen LogP contribution in [0.15, 0.2) is 11.8 Å². The van der Waals surface area contributed by atoms with Crippen LogP contribution in [-0.4, -0.2) is 24.4 Å². The maximum atomic E-state index is 11.6. The second-order valence-electron chi connectivity index (χ2n) is 4.12. The van der Waals surface area contributed by atoms with E-state index >= 15 is 0 Å². The summed E-state index contributed by atoms with van der Waals surface area (Å²) in [5.74, 6) is 0.176. The van der Waals surface area contributed by atoms with Gasteiger partial charge in [0.1, 0.15) is 11.6 Å². The quantitative estimate of drug-likeness (QED) is 0.328. The van der Waals surface area contributed by atoms with Crippen molar-refractivity contribution in [3.05, 3.63) is 11.8 Å². The van der Waals surface area contributed by atoms with E-state index in [0.29, 0.717) is 24.9 Å². The summed E-state index contributed by atoms with van der Waals surface area (Å²) < 4.78 is 0. The zero-order valence-electron chi connectivity index (χ0n) is 9.84. The van der Waals surface area contributed by atoms with Gasteiger partial charge >= 0.3 is 0 Å². The third-order valence-electron chi connectivity index (χ3n) is 2.78. The van der Waals surface area contributed by atoms with Gasteiger partial charge in [-0.05, 0) is 19.3 Å². The highest BCUT2D eigenvalue weighted by atomic mass is 35.5. The van der Waals surface area contributed by atoms with E-state index in [4.69, 9.17) is 16.9 Å². The molecule has 0 saturated heterocycles. The minimum absolute atomic E-state index is 0.131. The van der Waals surface area contributed by atoms with Crippen molar-refractivity contribution < 1.29 is 4.79 Å². The molecule has 17 heavy (non-hydrogen) atoms. The molecule has 1 saturated carbocycles. The summed E-state index contributed by atoms with van der Waals surface area (Å²) >= 11 is 5.50. The van der Waals surface area contributed by atoms with E-state index in [-0.39, 0.29) is 11.5 Å². The maximum Gasteiger partial charge on any atom is 0.263 e. The van der Waals surface area contributed by atoms with Crippen molar-refractivity contribution >= 4 is 17.5 Å². The van der Waals surface area contributed by atoms with E-state index in [1.165, 1.54) is 19.0 Å². The van der Waals surface area contributed by atoms with Crippen LogP contribution in [0.1, 0.15) is 32.1 Å². The first-order valence-corrected chi connectivity index (χ1v) is 6.52. The lowest BCUT2D eigenvalue weighted by Gasteiger charge is -2.09. The number of alkyl halides is 1. The first-order chi connectivity index (χ1) is 8.27. The van der Waals surface area contributed by atoms with Crippen LogP contribution in [0.25, 0.3) is 0 Å². The molecule has 4 nitrogen and oxygen atoms in total. The van der Waals surface area contributed by atoms with Gasteiger partial charge in [-0.1, -0.05) is 12.8 Å². The first kappa shape index (κ1) is 13.9. The van der Waals surface area contributed by atoms with Crippen LogP contribution in [0.4, 0.5) is 0 Å². The second kappa shape index (κ2) is 7.97. The normalized spacial score (nSPS) is 16.6. The molecule has 94 valence electrons. The number of amides is 1. The molecule has 0 aromatic heterocycles. The molecule has 0 spiro atoms. The van der Waals surface area contributed by atoms with Gasteiger partial charge in [-0.3, -0.25) is 4.79 Å². The molecule has 2 N–H and O–H groups in total. The van der Waals surface area contributed by atoms with E-state index in [9.17, 15) is 4.79 Å². The number of carbonyl (C=O) groups excluding carboxylic acids is 1. The van der Waals surface area contributed by atoms with Crippen LogP contribution >= 0.6 is 11.6 Å². The number of carbonyl (C=O) groups is 1. The maximum absolute atomic E-state index is 11.6. The minimum atomic E-state index is -0.330. The van der Waals surface area contributed by atoms with Crippen molar-refractivity contribution in [2.24, 2.45) is 0 Å². The molecule has 0 aromatic rings. The Balaban J connectivity index is 2.37. The van der Waals surface area contributed by atoms with Crippen LogP contribution in [0.3, 0.4) is 0 Å². The van der Waals surface area contributed by atoms with Crippen LogP contribution in [0, 0.1) is 11.3 Å². The number of rotatable bonds is 6. The Morgan fingerprint density at radius 3 is 2.76 bits per heavy atom. The average Bonchev–Trinajstić information content (AvgIpc) is 2.83. The number of hydrogen-bond donors (Lipinski definition) is 2. The summed E-state index contributed by atoms with van der Waals surface area (Å²) in [6.45, 7) is 0.505. The smallest absolute Gasteiger partial charge is 0.263 e. The molecule has 0 heterocycles. The fraction of sp³-hybridized carbons (Fsp3) is 0.667. The van der Waals surface area contributed by atoms with Gasteiger partial charge in [-0.2, -0.15) is 5.26 Å². The summed E-state index contributed by atoms with van der Waals surface area (Å²) in [5.41, 5.74) is 0.131. The fourth-order valence-corrected chi connectivity index (χ4v) is 1.94. The van der Waals surface area contributed by atoms with Gasteiger partial charge in [0.05, 0.1) is 0 Å². The molecule has 1 rings (SSSR count). The van der Waals surface area contributed by atoms with E-state index in [0.717, 1.165) is 12.8 Å². The van der Waals surface area contributed by atoms with Gasteiger partial charge in [-0.25, -0.2) is 0 Å². The number of nitrogens with zero attached hydrogens (tertiary/aromatic N) is 1. The minimum Gasteiger partial charge on any atom is -0.387 e. The summed E-state index contributed by atoms with van der Waals surface area (Å²) in [7, 11) is 0. The highest BCUT2D eigenvalue weighted by Gasteiger charge is 2.14. The monoisotopic (exact) mass is 255 g/mol. The molecule has 5 heteroatoms. The standard InChI is InChI=1S/C12H18ClN3O/c13-6-3-7-15-12(17)10(8-14)9-16-11-4-1-2-5-11/h9,11,16H,1-7H2,(H,15,17)/b10-9-. The van der Waals surface area contributed by atoms with Crippen molar-refractivity contribution in [1.82, 2.24) is 10.6 Å². The molecule has 0 radical (unpaired) electrons. The van der Waals surface area contributed by atoms with E-state index in [1.807, 2.05) is 6.07 Å². The molecule has 1 fully saturated rings. The van der Waals surface area contributed by atoms with Crippen LogP contribution in [0.2, 0.25) is 0 Å². The molecular weight excluding hydrogens is 238 g/mol. The fourth-order valence-electron chi connectivity index (χ4n) is 1.81. The van der Waals surface area contributed by atoms with Crippen LogP contribution in [-0.2, 0) is 4.79 Å². The van der Waals surface area contributed by atoms with E-state index < -0.39 is 0 Å². The lowest BCUT2D eigenvalue weighted by atomic mass is 10.2. The number of nitriles is 1. The van der Waals surface area contributed by atoms with Crippen molar-refractivity contribution in [1.29, 1.82) is 5.26 Å². The van der Waals surface area contributed by atoms with Crippen molar-refractivity contribution in [3.63, 3.8) is 0 Å². The molecule has 0 bridgehead atoms. The Morgan fingerprint density at radius 1 is 1.47 bits per heavy atom. The predicted octanol–water partition coefficient (Wildman–Crippen LogP) is 1.67. The Bertz CT molecular complexity index is 316. The molecule has 0 atom stereocenters. The summed E-state index contributed by atoms with van der Waals surface area (Å²) in [4.78, 5) is 11.6. The lowest BCUT2D eigenvalue weighted by Crippen LogP contribution is -2.28. The highest BCUT2D eigenvalue weighted by Crippen LogP contribution is 2.17. The molecule has 1 amide bonds. The third-order valence-corrected chi connectivity index (χ3v) is 3.05. The topological polar surface area (TPSA) is 64.9 Å². The zero-order valence-corrected chi connectivity index (χ0v) is 10.6. The molecule has 0 aliphatic heterocycles. The Kier molecular flexibility index (Phi) is 6.49. The predicted molar refractivity (Wildman–Crippen MR) is 67.4 cm³/mol. The molecule has 1 aliphatic carbocycles. The Hall–Kier alpha value is -1.21. The van der Waals surface area contributed by atoms with Crippen molar-refractivity contribution in [3.8, 4) is 6.07 Å². The lowest BCUT2D eigenvalue weighted by molar-refractivity contribution is -0.117. The Labute approximate surface area is 107 Å². The third kappa shape index (κ3) is 5.10. The summed E-state index contributed by atoms with van der Waals surface area (Å²) in [6.07, 6.45) is 6.91. The van der Waals surface area contributed by atoms with Crippen LogP contribution in [0.5, 0.6) is 0 Å². The van der Waals surface area contributed by atoms with E-state index in [1.54, 1.807) is 0 Å². The number of halogens is 1. The van der Waals surface area contributed by atoms with Crippen molar-refractivity contribution in [2.45, 2.75) is 38.1 Å². The van der Waals surface area contributed by atoms with Crippen LogP contribution < -0.4 is 10.6 Å². The second-order valence-corrected chi connectivity index (χ2v) is 4.49. The zero-order chi connectivity index (χ0) is 12.5. The molecular formula is C12H18ClN3O. The van der Waals surface area contributed by atoms with Gasteiger partial charge in [0, 0.05) is 24.7 Å². The SMILES string of the molecule is N#C/C(=C/NC1CCCC1)C(=O)NCCCCl. The number of hydrogen-bond acceptors (Lipinski definition) is 3. The number of nitrogens with one attached hydrogen (secondary N) is 2. The van der Waals surface area contributed by atoms with E-state index in [2.05, 4.69) is 10.6 Å². The van der Waals surface area contributed by atoms with Gasteiger partial charge in [0.25, 0.3) is 5.91 Å². The first-order valence-electron chi connectivity index (χ1n) is 5.98. The highest BCUT2D eigenvalue weighted by molar-refractivity contribution is 6.17. The Morgan fingerprint density at radius 2 is 2.18 bits per heavy atom. The summed E-state index contributed by atoms with van der Waals surface area (Å²) in [6, 6.07) is 2.32. The molecule has 0 unspecified atom stereocenters. The average molecular weight is 256 g/mol.